The summed E-state index contributed by atoms with van der Waals surface area (Å²) < 4.78 is 5.46. The number of amides is 1. The van der Waals surface area contributed by atoms with Gasteiger partial charge in [-0.25, -0.2) is 4.79 Å². The predicted octanol–water partition coefficient (Wildman–Crippen LogP) is 2.67. The van der Waals surface area contributed by atoms with E-state index in [1.807, 2.05) is 20.8 Å². The van der Waals surface area contributed by atoms with Gasteiger partial charge in [0.15, 0.2) is 0 Å². The van der Waals surface area contributed by atoms with E-state index in [1.54, 1.807) is 4.90 Å². The van der Waals surface area contributed by atoms with E-state index in [1.165, 1.54) is 6.42 Å². The number of rotatable bonds is 2. The predicted molar refractivity (Wildman–Crippen MR) is 91.9 cm³/mol. The van der Waals surface area contributed by atoms with Crippen molar-refractivity contribution in [2.24, 2.45) is 17.8 Å². The second-order valence-electron chi connectivity index (χ2n) is 8.71. The largest absolute Gasteiger partial charge is 0.481 e. The van der Waals surface area contributed by atoms with E-state index in [2.05, 4.69) is 18.7 Å². The maximum Gasteiger partial charge on any atom is 0.410 e. The van der Waals surface area contributed by atoms with Gasteiger partial charge in [0.05, 0.1) is 5.92 Å². The molecule has 6 nitrogen and oxygen atoms in total. The Kier molecular flexibility index (Phi) is 5.78. The standard InChI is InChI=1S/C18H32N2O4/c1-12-6-13(2)9-19(8-12)15-7-14(16(21)22)10-20(11-15)17(23)24-18(3,4)5/h12-15H,6-11H2,1-5H3,(H,21,22)/t12-,13+,14-,15+/m1/s1. The van der Waals surface area contributed by atoms with Crippen molar-refractivity contribution in [2.45, 2.75) is 59.1 Å². The van der Waals surface area contributed by atoms with Gasteiger partial charge in [-0.1, -0.05) is 13.8 Å². The van der Waals surface area contributed by atoms with E-state index < -0.39 is 23.6 Å². The number of hydrogen-bond acceptors (Lipinski definition) is 4. The van der Waals surface area contributed by atoms with Gasteiger partial charge < -0.3 is 14.7 Å². The molecule has 1 N–H and O–H groups in total. The molecule has 0 aromatic heterocycles. The number of aliphatic carboxylic acids is 1. The summed E-state index contributed by atoms with van der Waals surface area (Å²) in [5.74, 6) is -0.141. The van der Waals surface area contributed by atoms with Crippen molar-refractivity contribution in [3.8, 4) is 0 Å². The molecule has 0 bridgehead atoms. The highest BCUT2D eigenvalue weighted by molar-refractivity contribution is 5.73. The van der Waals surface area contributed by atoms with Crippen LogP contribution in [0.3, 0.4) is 0 Å². The summed E-state index contributed by atoms with van der Waals surface area (Å²) in [5, 5.41) is 9.49. The first-order valence-electron chi connectivity index (χ1n) is 9.00. The van der Waals surface area contributed by atoms with Crippen molar-refractivity contribution in [2.75, 3.05) is 26.2 Å². The highest BCUT2D eigenvalue weighted by atomic mass is 16.6. The van der Waals surface area contributed by atoms with Crippen molar-refractivity contribution >= 4 is 12.1 Å². The Morgan fingerprint density at radius 3 is 2.08 bits per heavy atom. The molecule has 0 radical (unpaired) electrons. The molecular weight excluding hydrogens is 308 g/mol. The molecule has 1 amide bonds. The topological polar surface area (TPSA) is 70.1 Å². The van der Waals surface area contributed by atoms with Gasteiger partial charge in [-0.05, 0) is 45.4 Å². The van der Waals surface area contributed by atoms with Crippen LogP contribution in [-0.2, 0) is 9.53 Å². The van der Waals surface area contributed by atoms with Crippen LogP contribution in [0, 0.1) is 17.8 Å². The molecule has 138 valence electrons. The molecule has 4 atom stereocenters. The van der Waals surface area contributed by atoms with Gasteiger partial charge in [-0.15, -0.1) is 0 Å². The second-order valence-corrected chi connectivity index (χ2v) is 8.71. The maximum atomic E-state index is 12.4. The van der Waals surface area contributed by atoms with E-state index in [0.717, 1.165) is 13.1 Å². The molecule has 6 heteroatoms. The SMILES string of the molecule is C[C@@H]1C[C@H](C)CN([C@H]2C[C@@H](C(=O)O)CN(C(=O)OC(C)(C)C)C2)C1. The Labute approximate surface area is 145 Å². The van der Waals surface area contributed by atoms with Gasteiger partial charge in [0.1, 0.15) is 5.60 Å². The Bertz CT molecular complexity index is 464. The van der Waals surface area contributed by atoms with Crippen molar-refractivity contribution in [3.05, 3.63) is 0 Å². The number of carbonyl (C=O) groups excluding carboxylic acids is 1. The summed E-state index contributed by atoms with van der Waals surface area (Å²) in [6.45, 7) is 12.7. The minimum Gasteiger partial charge on any atom is -0.481 e. The van der Waals surface area contributed by atoms with Gasteiger partial charge in [-0.2, -0.15) is 0 Å². The third-order valence-corrected chi connectivity index (χ3v) is 4.84. The third-order valence-electron chi connectivity index (χ3n) is 4.84. The van der Waals surface area contributed by atoms with E-state index >= 15 is 0 Å². The zero-order chi connectivity index (χ0) is 18.1. The summed E-state index contributed by atoms with van der Waals surface area (Å²) in [7, 11) is 0. The van der Waals surface area contributed by atoms with Crippen molar-refractivity contribution < 1.29 is 19.4 Å². The Hall–Kier alpha value is -1.30. The zero-order valence-corrected chi connectivity index (χ0v) is 15.6. The maximum absolute atomic E-state index is 12.4. The highest BCUT2D eigenvalue weighted by Gasteiger charge is 2.39. The Balaban J connectivity index is 2.10. The fourth-order valence-electron chi connectivity index (χ4n) is 4.00. The molecule has 0 spiro atoms. The molecule has 2 aliphatic rings. The molecule has 2 aliphatic heterocycles. The van der Waals surface area contributed by atoms with Crippen LogP contribution in [0.2, 0.25) is 0 Å². The van der Waals surface area contributed by atoms with Crippen molar-refractivity contribution in [3.63, 3.8) is 0 Å². The number of hydrogen-bond donors (Lipinski definition) is 1. The first-order chi connectivity index (χ1) is 11.0. The summed E-state index contributed by atoms with van der Waals surface area (Å²) in [6.07, 6.45) is 1.41. The number of nitrogens with zero attached hydrogens (tertiary/aromatic N) is 2. The van der Waals surface area contributed by atoms with Crippen LogP contribution < -0.4 is 0 Å². The van der Waals surface area contributed by atoms with E-state index in [0.29, 0.717) is 24.8 Å². The fourth-order valence-corrected chi connectivity index (χ4v) is 4.00. The molecule has 2 rings (SSSR count). The summed E-state index contributed by atoms with van der Waals surface area (Å²) in [4.78, 5) is 28.0. The van der Waals surface area contributed by atoms with Crippen LogP contribution >= 0.6 is 0 Å². The first kappa shape index (κ1) is 19.0. The van der Waals surface area contributed by atoms with Crippen LogP contribution in [0.4, 0.5) is 4.79 Å². The summed E-state index contributed by atoms with van der Waals surface area (Å²) in [6, 6.07) is 0.0950. The van der Waals surface area contributed by atoms with E-state index in [9.17, 15) is 14.7 Å². The summed E-state index contributed by atoms with van der Waals surface area (Å²) >= 11 is 0. The van der Waals surface area contributed by atoms with Gasteiger partial charge in [-0.3, -0.25) is 9.69 Å². The van der Waals surface area contributed by atoms with Crippen molar-refractivity contribution in [1.82, 2.24) is 9.80 Å². The van der Waals surface area contributed by atoms with Crippen LogP contribution in [0.1, 0.15) is 47.5 Å². The normalized spacial score (nSPS) is 32.5. The molecule has 2 saturated heterocycles. The number of piperidine rings is 2. The van der Waals surface area contributed by atoms with Gasteiger partial charge in [0.2, 0.25) is 0 Å². The third kappa shape index (κ3) is 5.10. The second kappa shape index (κ2) is 7.30. The van der Waals surface area contributed by atoms with Crippen LogP contribution in [0.25, 0.3) is 0 Å². The smallest absolute Gasteiger partial charge is 0.410 e. The molecule has 0 saturated carbocycles. The molecule has 24 heavy (non-hydrogen) atoms. The quantitative estimate of drug-likeness (QED) is 0.837. The van der Waals surface area contributed by atoms with E-state index in [-0.39, 0.29) is 12.6 Å². The number of likely N-dealkylation sites (tertiary alicyclic amines) is 2. The number of carboxylic acid groups (broad SMARTS) is 1. The van der Waals surface area contributed by atoms with Crippen molar-refractivity contribution in [1.29, 1.82) is 0 Å². The lowest BCUT2D eigenvalue weighted by Gasteiger charge is -2.45. The Morgan fingerprint density at radius 2 is 1.58 bits per heavy atom. The van der Waals surface area contributed by atoms with E-state index in [4.69, 9.17) is 4.74 Å². The molecule has 0 aliphatic carbocycles. The van der Waals surface area contributed by atoms with Crippen LogP contribution in [0.5, 0.6) is 0 Å². The average molecular weight is 340 g/mol. The van der Waals surface area contributed by atoms with Gasteiger partial charge in [0, 0.05) is 32.2 Å². The molecular formula is C18H32N2O4. The lowest BCUT2D eigenvalue weighted by molar-refractivity contribution is -0.144. The fraction of sp³-hybridized carbons (Fsp3) is 0.889. The molecule has 2 heterocycles. The van der Waals surface area contributed by atoms with Crippen LogP contribution in [-0.4, -0.2) is 64.8 Å². The number of carboxylic acids is 1. The minimum atomic E-state index is -0.827. The lowest BCUT2D eigenvalue weighted by Crippen LogP contribution is -2.57. The minimum absolute atomic E-state index is 0.0950. The lowest BCUT2D eigenvalue weighted by atomic mass is 9.87. The molecule has 0 aromatic carbocycles. The average Bonchev–Trinajstić information content (AvgIpc) is 2.43. The first-order valence-corrected chi connectivity index (χ1v) is 9.00. The van der Waals surface area contributed by atoms with Gasteiger partial charge in [0.25, 0.3) is 0 Å². The van der Waals surface area contributed by atoms with Crippen LogP contribution in [0.15, 0.2) is 0 Å². The molecule has 2 fully saturated rings. The summed E-state index contributed by atoms with van der Waals surface area (Å²) in [5.41, 5.74) is -0.573. The monoisotopic (exact) mass is 340 g/mol. The number of ether oxygens (including phenoxy) is 1. The Morgan fingerprint density at radius 1 is 1.00 bits per heavy atom. The highest BCUT2D eigenvalue weighted by Crippen LogP contribution is 2.28. The molecule has 0 aromatic rings. The van der Waals surface area contributed by atoms with Gasteiger partial charge >= 0.3 is 12.1 Å². The molecule has 0 unspecified atom stereocenters. The number of carbonyl (C=O) groups is 2. The zero-order valence-electron chi connectivity index (χ0n) is 15.6.